The molecule has 0 atom stereocenters. The fourth-order valence-corrected chi connectivity index (χ4v) is 3.94. The summed E-state index contributed by atoms with van der Waals surface area (Å²) < 4.78 is 2.07. The van der Waals surface area contributed by atoms with Crippen molar-refractivity contribution < 1.29 is 0 Å². The van der Waals surface area contributed by atoms with E-state index < -0.39 is 0 Å². The SMILES string of the molecule is Cc1ccc2c3nnc4scc(-c5ccc(Cl)cc5)n4c-3nc2c1. The molecular formula is C18H11ClN4S. The van der Waals surface area contributed by atoms with E-state index in [0.717, 1.165) is 43.7 Å². The van der Waals surface area contributed by atoms with E-state index in [0.29, 0.717) is 0 Å². The molecule has 0 bridgehead atoms. The van der Waals surface area contributed by atoms with Crippen molar-refractivity contribution in [3.63, 3.8) is 0 Å². The van der Waals surface area contributed by atoms with Gasteiger partial charge in [-0.25, -0.2) is 4.98 Å². The molecule has 2 aliphatic heterocycles. The van der Waals surface area contributed by atoms with Gasteiger partial charge in [0.2, 0.25) is 4.96 Å². The van der Waals surface area contributed by atoms with Gasteiger partial charge in [0.1, 0.15) is 5.69 Å². The van der Waals surface area contributed by atoms with Crippen molar-refractivity contribution in [3.05, 3.63) is 58.4 Å². The van der Waals surface area contributed by atoms with Gasteiger partial charge in [-0.1, -0.05) is 35.9 Å². The third kappa shape index (κ3) is 1.95. The lowest BCUT2D eigenvalue weighted by atomic mass is 10.1. The van der Waals surface area contributed by atoms with Crippen LogP contribution in [-0.4, -0.2) is 19.6 Å². The Kier molecular flexibility index (Phi) is 2.89. The first-order valence-electron chi connectivity index (χ1n) is 7.49. The maximum atomic E-state index is 6.02. The molecule has 0 amide bonds. The monoisotopic (exact) mass is 350 g/mol. The standard InChI is InChI=1S/C18H11ClN4S/c1-10-2-7-13-14(8-10)20-17-16(13)21-22-18-23(17)15(9-24-18)11-3-5-12(19)6-4-11/h2-9H,1H3. The van der Waals surface area contributed by atoms with Gasteiger partial charge >= 0.3 is 0 Å². The third-order valence-corrected chi connectivity index (χ3v) is 5.21. The van der Waals surface area contributed by atoms with Gasteiger partial charge in [-0.3, -0.25) is 4.40 Å². The average Bonchev–Trinajstić information content (AvgIpc) is 3.15. The molecular weight excluding hydrogens is 340 g/mol. The number of benzene rings is 2. The zero-order valence-corrected chi connectivity index (χ0v) is 14.3. The molecule has 4 nitrogen and oxygen atoms in total. The number of halogens is 1. The van der Waals surface area contributed by atoms with Crippen molar-refractivity contribution in [2.75, 3.05) is 0 Å². The van der Waals surface area contributed by atoms with Gasteiger partial charge < -0.3 is 0 Å². The summed E-state index contributed by atoms with van der Waals surface area (Å²) >= 11 is 7.57. The van der Waals surface area contributed by atoms with Gasteiger partial charge in [-0.2, -0.15) is 0 Å². The molecule has 3 aromatic rings. The van der Waals surface area contributed by atoms with E-state index in [1.807, 2.05) is 24.3 Å². The van der Waals surface area contributed by atoms with Crippen LogP contribution >= 0.6 is 22.9 Å². The van der Waals surface area contributed by atoms with E-state index in [2.05, 4.69) is 45.1 Å². The molecule has 0 radical (unpaired) electrons. The minimum absolute atomic E-state index is 0.723. The van der Waals surface area contributed by atoms with E-state index in [-0.39, 0.29) is 0 Å². The summed E-state index contributed by atoms with van der Waals surface area (Å²) in [5, 5.41) is 12.6. The smallest absolute Gasteiger partial charge is 0.216 e. The Balaban J connectivity index is 1.87. The number of hydrogen-bond donors (Lipinski definition) is 0. The van der Waals surface area contributed by atoms with E-state index >= 15 is 0 Å². The maximum Gasteiger partial charge on any atom is 0.216 e. The first kappa shape index (κ1) is 13.9. The molecule has 0 unspecified atom stereocenters. The third-order valence-electron chi connectivity index (χ3n) is 4.14. The lowest BCUT2D eigenvalue weighted by Gasteiger charge is -2.05. The first-order valence-corrected chi connectivity index (χ1v) is 8.75. The van der Waals surface area contributed by atoms with Crippen molar-refractivity contribution in [1.82, 2.24) is 19.6 Å². The van der Waals surface area contributed by atoms with Crippen LogP contribution in [0, 0.1) is 6.92 Å². The fourth-order valence-electron chi connectivity index (χ4n) is 2.98. The highest BCUT2D eigenvalue weighted by Crippen LogP contribution is 2.34. The van der Waals surface area contributed by atoms with Crippen LogP contribution in [0.2, 0.25) is 5.02 Å². The summed E-state index contributed by atoms with van der Waals surface area (Å²) in [5.41, 5.74) is 5.09. The van der Waals surface area contributed by atoms with Crippen LogP contribution in [-0.2, 0) is 0 Å². The van der Waals surface area contributed by atoms with Crippen LogP contribution in [0.25, 0.3) is 38.6 Å². The van der Waals surface area contributed by atoms with Crippen molar-refractivity contribution in [3.8, 4) is 22.8 Å². The number of aryl methyl sites for hydroxylation is 1. The van der Waals surface area contributed by atoms with Crippen molar-refractivity contribution >= 4 is 38.8 Å². The van der Waals surface area contributed by atoms with Gasteiger partial charge in [-0.15, -0.1) is 21.5 Å². The van der Waals surface area contributed by atoms with Crippen LogP contribution in [0.4, 0.5) is 0 Å². The number of rotatable bonds is 1. The molecule has 6 heteroatoms. The Morgan fingerprint density at radius 1 is 1.04 bits per heavy atom. The Morgan fingerprint density at radius 3 is 2.71 bits per heavy atom. The molecule has 2 aliphatic rings. The van der Waals surface area contributed by atoms with Crippen LogP contribution < -0.4 is 0 Å². The van der Waals surface area contributed by atoms with Crippen LogP contribution in [0.3, 0.4) is 0 Å². The average molecular weight is 351 g/mol. The van der Waals surface area contributed by atoms with Gasteiger partial charge in [0.25, 0.3) is 0 Å². The topological polar surface area (TPSA) is 43.1 Å². The summed E-state index contributed by atoms with van der Waals surface area (Å²) in [6, 6.07) is 14.0. The van der Waals surface area contributed by atoms with Crippen LogP contribution in [0.5, 0.6) is 0 Å². The molecule has 0 saturated carbocycles. The second kappa shape index (κ2) is 5.00. The number of fused-ring (bicyclic) bond motifs is 5. The zero-order chi connectivity index (χ0) is 16.3. The molecule has 0 aliphatic carbocycles. The van der Waals surface area contributed by atoms with Gasteiger partial charge in [0, 0.05) is 15.8 Å². The van der Waals surface area contributed by atoms with Crippen molar-refractivity contribution in [2.24, 2.45) is 0 Å². The number of nitrogens with zero attached hydrogens (tertiary/aromatic N) is 4. The van der Waals surface area contributed by atoms with E-state index in [1.165, 1.54) is 5.56 Å². The lowest BCUT2D eigenvalue weighted by molar-refractivity contribution is 0.989. The number of aromatic nitrogens is 4. The molecule has 0 saturated heterocycles. The second-order valence-electron chi connectivity index (χ2n) is 5.75. The van der Waals surface area contributed by atoms with E-state index in [9.17, 15) is 0 Å². The Labute approximate surface area is 146 Å². The van der Waals surface area contributed by atoms with E-state index in [4.69, 9.17) is 16.6 Å². The molecule has 3 heterocycles. The van der Waals surface area contributed by atoms with Gasteiger partial charge in [0.05, 0.1) is 11.2 Å². The molecule has 0 N–H and O–H groups in total. The van der Waals surface area contributed by atoms with Crippen molar-refractivity contribution in [2.45, 2.75) is 6.92 Å². The van der Waals surface area contributed by atoms with Gasteiger partial charge in [0.15, 0.2) is 5.82 Å². The Morgan fingerprint density at radius 2 is 1.88 bits per heavy atom. The highest BCUT2D eigenvalue weighted by Gasteiger charge is 2.20. The quantitative estimate of drug-likeness (QED) is 0.423. The highest BCUT2D eigenvalue weighted by molar-refractivity contribution is 7.15. The molecule has 1 aromatic heterocycles. The Bertz CT molecular complexity index is 1170. The minimum Gasteiger partial charge on any atom is -0.266 e. The van der Waals surface area contributed by atoms with E-state index in [1.54, 1.807) is 11.3 Å². The van der Waals surface area contributed by atoms with Gasteiger partial charge in [-0.05, 0) is 36.2 Å². The number of thiazole rings is 1. The predicted molar refractivity (Wildman–Crippen MR) is 98.0 cm³/mol. The maximum absolute atomic E-state index is 6.02. The summed E-state index contributed by atoms with van der Waals surface area (Å²) in [5.74, 6) is 0.840. The highest BCUT2D eigenvalue weighted by atomic mass is 35.5. The Hall–Kier alpha value is -2.50. The predicted octanol–water partition coefficient (Wildman–Crippen LogP) is 5.07. The van der Waals surface area contributed by atoms with Crippen LogP contribution in [0.15, 0.2) is 47.8 Å². The molecule has 2 aromatic carbocycles. The minimum atomic E-state index is 0.723. The zero-order valence-electron chi connectivity index (χ0n) is 12.7. The molecule has 0 spiro atoms. The summed E-state index contributed by atoms with van der Waals surface area (Å²) in [6.07, 6.45) is 0. The molecule has 0 fully saturated rings. The molecule has 24 heavy (non-hydrogen) atoms. The summed E-state index contributed by atoms with van der Waals surface area (Å²) in [4.78, 5) is 5.65. The van der Waals surface area contributed by atoms with Crippen molar-refractivity contribution in [1.29, 1.82) is 0 Å². The summed E-state index contributed by atoms with van der Waals surface area (Å²) in [7, 11) is 0. The molecule has 5 rings (SSSR count). The molecule has 116 valence electrons. The lowest BCUT2D eigenvalue weighted by Crippen LogP contribution is -1.99. The number of hydrogen-bond acceptors (Lipinski definition) is 4. The fraction of sp³-hybridized carbons (Fsp3) is 0.0556. The first-order chi connectivity index (χ1) is 11.7. The second-order valence-corrected chi connectivity index (χ2v) is 7.02. The van der Waals surface area contributed by atoms with Crippen LogP contribution in [0.1, 0.15) is 5.56 Å². The normalized spacial score (nSPS) is 11.8. The largest absolute Gasteiger partial charge is 0.266 e. The summed E-state index contributed by atoms with van der Waals surface area (Å²) in [6.45, 7) is 2.07.